The lowest BCUT2D eigenvalue weighted by atomic mass is 9.85. The smallest absolute Gasteiger partial charge is 0.336 e. The Morgan fingerprint density at radius 2 is 1.97 bits per heavy atom. The lowest BCUT2D eigenvalue weighted by Gasteiger charge is -2.47. The molecule has 3 aliphatic rings. The van der Waals surface area contributed by atoms with E-state index < -0.39 is 11.7 Å². The molecule has 30 heavy (non-hydrogen) atoms. The van der Waals surface area contributed by atoms with Gasteiger partial charge in [-0.2, -0.15) is 0 Å². The highest BCUT2D eigenvalue weighted by atomic mass is 35.5. The van der Waals surface area contributed by atoms with Crippen LogP contribution in [0.15, 0.2) is 39.5 Å². The van der Waals surface area contributed by atoms with Crippen molar-refractivity contribution in [3.63, 3.8) is 0 Å². The monoisotopic (exact) mass is 434 g/mol. The Kier molecular flexibility index (Phi) is 5.79. The molecule has 8 heteroatoms. The molecular weight excluding hydrogens is 408 g/mol. The number of piperidine rings is 1. The Bertz CT molecular complexity index is 981. The molecule has 0 aliphatic carbocycles. The molecule has 1 spiro atoms. The zero-order valence-corrected chi connectivity index (χ0v) is 17.8. The SMILES string of the molecule is CC(Oc1ccc2ccc(=O)oc2c1)C(=O)N1CCOC2(C[C@H]3CC[C@@H](C2)N3)C1.Cl. The van der Waals surface area contributed by atoms with Crippen molar-refractivity contribution in [1.82, 2.24) is 10.2 Å². The van der Waals surface area contributed by atoms with Gasteiger partial charge in [-0.3, -0.25) is 4.79 Å². The Balaban J connectivity index is 0.00000218. The summed E-state index contributed by atoms with van der Waals surface area (Å²) in [7, 11) is 0. The summed E-state index contributed by atoms with van der Waals surface area (Å²) < 4.78 is 17.3. The molecule has 0 saturated carbocycles. The van der Waals surface area contributed by atoms with Crippen LogP contribution >= 0.6 is 12.4 Å². The zero-order chi connectivity index (χ0) is 20.0. The first kappa shape index (κ1) is 21.2. The second-order valence-corrected chi connectivity index (χ2v) is 8.55. The van der Waals surface area contributed by atoms with Crippen LogP contribution in [0.4, 0.5) is 0 Å². The Morgan fingerprint density at radius 1 is 1.23 bits per heavy atom. The van der Waals surface area contributed by atoms with E-state index in [0.29, 0.717) is 43.1 Å². The summed E-state index contributed by atoms with van der Waals surface area (Å²) in [6, 6.07) is 9.37. The van der Waals surface area contributed by atoms with Gasteiger partial charge in [-0.15, -0.1) is 12.4 Å². The van der Waals surface area contributed by atoms with E-state index in [0.717, 1.165) is 18.2 Å². The minimum absolute atomic E-state index is 0. The predicted octanol–water partition coefficient (Wildman–Crippen LogP) is 2.49. The van der Waals surface area contributed by atoms with E-state index in [1.165, 1.54) is 18.9 Å². The third-order valence-corrected chi connectivity index (χ3v) is 6.39. The average molecular weight is 435 g/mol. The number of benzene rings is 1. The number of nitrogens with zero attached hydrogens (tertiary/aromatic N) is 1. The number of nitrogens with one attached hydrogen (secondary N) is 1. The van der Waals surface area contributed by atoms with Gasteiger partial charge in [0.2, 0.25) is 0 Å². The van der Waals surface area contributed by atoms with Crippen LogP contribution in [0.2, 0.25) is 0 Å². The second kappa shape index (κ2) is 8.21. The van der Waals surface area contributed by atoms with E-state index in [1.807, 2.05) is 11.0 Å². The largest absolute Gasteiger partial charge is 0.481 e. The molecule has 3 aliphatic heterocycles. The number of halogens is 1. The number of carbonyl (C=O) groups is 1. The molecule has 1 aromatic carbocycles. The number of fused-ring (bicyclic) bond motifs is 3. The van der Waals surface area contributed by atoms with Crippen molar-refractivity contribution in [1.29, 1.82) is 0 Å². The molecule has 3 fully saturated rings. The lowest BCUT2D eigenvalue weighted by molar-refractivity contribution is -0.163. The van der Waals surface area contributed by atoms with E-state index in [2.05, 4.69) is 5.32 Å². The standard InChI is InChI=1S/C22H26N2O5.ClH/c1-14(28-18-6-2-15-3-7-20(25)29-19(15)10-18)21(26)24-8-9-27-22(13-24)11-16-4-5-17(12-22)23-16;/h2-3,6-7,10,14,16-17,23H,4-5,8-9,11-13H2,1H3;1H/t14?,16-,17+,22?;. The molecule has 2 aromatic rings. The molecule has 2 unspecified atom stereocenters. The van der Waals surface area contributed by atoms with Crippen LogP contribution in [0.25, 0.3) is 11.0 Å². The molecular formula is C22H27ClN2O5. The van der Waals surface area contributed by atoms with E-state index in [-0.39, 0.29) is 23.9 Å². The van der Waals surface area contributed by atoms with Crippen molar-refractivity contribution >= 4 is 29.3 Å². The summed E-state index contributed by atoms with van der Waals surface area (Å²) in [4.78, 5) is 26.4. The van der Waals surface area contributed by atoms with Crippen molar-refractivity contribution in [2.75, 3.05) is 19.7 Å². The molecule has 2 bridgehead atoms. The van der Waals surface area contributed by atoms with Crippen LogP contribution in [0.5, 0.6) is 5.75 Å². The van der Waals surface area contributed by atoms with Crippen LogP contribution in [-0.4, -0.2) is 54.3 Å². The van der Waals surface area contributed by atoms with Crippen molar-refractivity contribution in [3.8, 4) is 5.75 Å². The molecule has 1 aromatic heterocycles. The summed E-state index contributed by atoms with van der Waals surface area (Å²) in [5.74, 6) is 0.476. The van der Waals surface area contributed by atoms with E-state index in [1.54, 1.807) is 25.1 Å². The highest BCUT2D eigenvalue weighted by molar-refractivity contribution is 5.85. The summed E-state index contributed by atoms with van der Waals surface area (Å²) in [6.07, 6.45) is 3.69. The van der Waals surface area contributed by atoms with Crippen LogP contribution in [-0.2, 0) is 9.53 Å². The normalized spacial score (nSPS) is 28.9. The van der Waals surface area contributed by atoms with Crippen molar-refractivity contribution in [3.05, 3.63) is 40.8 Å². The van der Waals surface area contributed by atoms with Gasteiger partial charge in [-0.25, -0.2) is 4.79 Å². The third-order valence-electron chi connectivity index (χ3n) is 6.39. The van der Waals surface area contributed by atoms with E-state index >= 15 is 0 Å². The molecule has 1 N–H and O–H groups in total. The number of carbonyl (C=O) groups excluding carboxylic acids is 1. The first-order chi connectivity index (χ1) is 14.0. The quantitative estimate of drug-likeness (QED) is 0.747. The molecule has 7 nitrogen and oxygen atoms in total. The van der Waals surface area contributed by atoms with Crippen molar-refractivity contribution in [2.24, 2.45) is 0 Å². The molecule has 3 saturated heterocycles. The van der Waals surface area contributed by atoms with Crippen molar-refractivity contribution in [2.45, 2.75) is 56.4 Å². The molecule has 162 valence electrons. The van der Waals surface area contributed by atoms with Gasteiger partial charge in [0.1, 0.15) is 11.3 Å². The number of rotatable bonds is 3. The molecule has 1 amide bonds. The molecule has 4 heterocycles. The topological polar surface area (TPSA) is 81.0 Å². The number of morpholine rings is 1. The highest BCUT2D eigenvalue weighted by Gasteiger charge is 2.48. The number of hydrogen-bond donors (Lipinski definition) is 1. The molecule has 5 rings (SSSR count). The lowest BCUT2D eigenvalue weighted by Crippen LogP contribution is -2.61. The highest BCUT2D eigenvalue weighted by Crippen LogP contribution is 2.38. The summed E-state index contributed by atoms with van der Waals surface area (Å²) in [5.41, 5.74) is -0.185. The number of ether oxygens (including phenoxy) is 2. The maximum atomic E-state index is 13.1. The summed E-state index contributed by atoms with van der Waals surface area (Å²) in [6.45, 7) is 3.55. The van der Waals surface area contributed by atoms with E-state index in [4.69, 9.17) is 13.9 Å². The van der Waals surface area contributed by atoms with Gasteiger partial charge in [0.25, 0.3) is 5.91 Å². The minimum Gasteiger partial charge on any atom is -0.481 e. The summed E-state index contributed by atoms with van der Waals surface area (Å²) >= 11 is 0. The van der Waals surface area contributed by atoms with Crippen LogP contribution in [0, 0.1) is 0 Å². The molecule has 4 atom stereocenters. The van der Waals surface area contributed by atoms with Gasteiger partial charge in [-0.1, -0.05) is 0 Å². The van der Waals surface area contributed by atoms with E-state index in [9.17, 15) is 9.59 Å². The first-order valence-corrected chi connectivity index (χ1v) is 10.4. The zero-order valence-electron chi connectivity index (χ0n) is 17.0. The Hall–Kier alpha value is -2.09. The first-order valence-electron chi connectivity index (χ1n) is 10.4. The maximum absolute atomic E-state index is 13.1. The number of amides is 1. The predicted molar refractivity (Wildman–Crippen MR) is 114 cm³/mol. The average Bonchev–Trinajstić information content (AvgIpc) is 3.06. The van der Waals surface area contributed by atoms with Gasteiger partial charge in [-0.05, 0) is 50.8 Å². The summed E-state index contributed by atoms with van der Waals surface area (Å²) in [5, 5.41) is 4.45. The van der Waals surface area contributed by atoms with Crippen LogP contribution in [0.1, 0.15) is 32.6 Å². The maximum Gasteiger partial charge on any atom is 0.336 e. The van der Waals surface area contributed by atoms with Crippen LogP contribution in [0.3, 0.4) is 0 Å². The fourth-order valence-electron chi connectivity index (χ4n) is 5.11. The molecule has 0 radical (unpaired) electrons. The van der Waals surface area contributed by atoms with Gasteiger partial charge in [0.05, 0.1) is 12.2 Å². The van der Waals surface area contributed by atoms with Crippen molar-refractivity contribution < 1.29 is 18.7 Å². The fourth-order valence-corrected chi connectivity index (χ4v) is 5.11. The Morgan fingerprint density at radius 3 is 2.73 bits per heavy atom. The van der Waals surface area contributed by atoms with Gasteiger partial charge in [0, 0.05) is 42.7 Å². The second-order valence-electron chi connectivity index (χ2n) is 8.55. The third kappa shape index (κ3) is 4.06. The Labute approximate surface area is 181 Å². The minimum atomic E-state index is -0.628. The van der Waals surface area contributed by atoms with Crippen LogP contribution < -0.4 is 15.7 Å². The van der Waals surface area contributed by atoms with Gasteiger partial charge in [0.15, 0.2) is 6.10 Å². The van der Waals surface area contributed by atoms with Gasteiger partial charge >= 0.3 is 5.63 Å². The number of hydrogen-bond acceptors (Lipinski definition) is 6. The van der Waals surface area contributed by atoms with Gasteiger partial charge < -0.3 is 24.1 Å². The fraction of sp³-hybridized carbons (Fsp3) is 0.545.